The highest BCUT2D eigenvalue weighted by Gasteiger charge is 2.22. The normalized spacial score (nSPS) is 17.8. The van der Waals surface area contributed by atoms with Crippen LogP contribution in [0.2, 0.25) is 0 Å². The molecule has 1 fully saturated rings. The second-order valence-corrected chi connectivity index (χ2v) is 9.57. The quantitative estimate of drug-likeness (QED) is 0.411. The summed E-state index contributed by atoms with van der Waals surface area (Å²) in [7, 11) is 5.71. The van der Waals surface area contributed by atoms with E-state index in [1.165, 1.54) is 0 Å². The van der Waals surface area contributed by atoms with Gasteiger partial charge < -0.3 is 25.6 Å². The van der Waals surface area contributed by atoms with E-state index in [-0.39, 0.29) is 0 Å². The van der Waals surface area contributed by atoms with Crippen LogP contribution in [0, 0.1) is 12.8 Å². The number of hydrogen-bond donors (Lipinski definition) is 3. The van der Waals surface area contributed by atoms with Gasteiger partial charge in [0.2, 0.25) is 5.95 Å². The van der Waals surface area contributed by atoms with Gasteiger partial charge in [-0.05, 0) is 86.6 Å². The molecule has 0 amide bonds. The first-order chi connectivity index (χ1) is 16.4. The number of ether oxygens (including phenoxy) is 1. The van der Waals surface area contributed by atoms with Crippen molar-refractivity contribution < 1.29 is 4.74 Å². The largest absolute Gasteiger partial charge is 0.497 e. The third-order valence-corrected chi connectivity index (χ3v) is 6.67. The number of nitrogens with one attached hydrogen (secondary N) is 3. The highest BCUT2D eigenvalue weighted by atomic mass is 32.1. The fraction of sp³-hybridized carbons (Fsp3) is 0.423. The molecule has 1 aromatic heterocycles. The summed E-state index contributed by atoms with van der Waals surface area (Å²) >= 11 is 5.52. The lowest BCUT2D eigenvalue weighted by Gasteiger charge is -2.30. The number of para-hydroxylation sites is 1. The maximum Gasteiger partial charge on any atom is 0.225 e. The van der Waals surface area contributed by atoms with E-state index in [1.807, 2.05) is 62.3 Å². The summed E-state index contributed by atoms with van der Waals surface area (Å²) in [6.45, 7) is 2.92. The van der Waals surface area contributed by atoms with E-state index >= 15 is 0 Å². The molecule has 0 spiro atoms. The zero-order chi connectivity index (χ0) is 24.1. The fourth-order valence-electron chi connectivity index (χ4n) is 4.47. The Balaban J connectivity index is 1.26. The van der Waals surface area contributed by atoms with Gasteiger partial charge in [-0.1, -0.05) is 12.1 Å². The van der Waals surface area contributed by atoms with Crippen molar-refractivity contribution in [3.05, 3.63) is 48.0 Å². The Morgan fingerprint density at radius 3 is 2.56 bits per heavy atom. The molecule has 0 bridgehead atoms. The van der Waals surface area contributed by atoms with Crippen molar-refractivity contribution in [3.8, 4) is 5.75 Å². The lowest BCUT2D eigenvalue weighted by molar-refractivity contribution is 0.336. The van der Waals surface area contributed by atoms with Gasteiger partial charge in [0, 0.05) is 37.8 Å². The van der Waals surface area contributed by atoms with Crippen LogP contribution in [-0.2, 0) is 0 Å². The van der Waals surface area contributed by atoms with Crippen molar-refractivity contribution in [1.82, 2.24) is 15.3 Å². The second-order valence-electron chi connectivity index (χ2n) is 9.16. The van der Waals surface area contributed by atoms with Crippen molar-refractivity contribution in [2.24, 2.45) is 5.92 Å². The van der Waals surface area contributed by atoms with Crippen LogP contribution in [0.1, 0.15) is 31.2 Å². The van der Waals surface area contributed by atoms with Gasteiger partial charge >= 0.3 is 0 Å². The summed E-state index contributed by atoms with van der Waals surface area (Å²) in [5, 5.41) is 12.0. The third-order valence-electron chi connectivity index (χ3n) is 6.42. The maximum atomic E-state index is 5.52. The van der Waals surface area contributed by atoms with E-state index in [0.29, 0.717) is 23.0 Å². The first kappa shape index (κ1) is 24.0. The topological polar surface area (TPSA) is 74.3 Å². The van der Waals surface area contributed by atoms with Gasteiger partial charge in [-0.15, -0.1) is 0 Å². The highest BCUT2D eigenvalue weighted by Crippen LogP contribution is 2.28. The van der Waals surface area contributed by atoms with Crippen LogP contribution in [0.5, 0.6) is 5.75 Å². The second kappa shape index (κ2) is 10.9. The molecular weight excluding hydrogens is 444 g/mol. The average molecular weight is 479 g/mol. The molecule has 0 aliphatic heterocycles. The number of anilines is 3. The van der Waals surface area contributed by atoms with Crippen molar-refractivity contribution in [1.29, 1.82) is 0 Å². The fourth-order valence-corrected chi connectivity index (χ4v) is 4.66. The Kier molecular flexibility index (Phi) is 7.67. The van der Waals surface area contributed by atoms with Crippen molar-refractivity contribution in [2.45, 2.75) is 38.6 Å². The van der Waals surface area contributed by atoms with E-state index in [9.17, 15) is 0 Å². The molecule has 2 aromatic carbocycles. The van der Waals surface area contributed by atoms with E-state index in [4.69, 9.17) is 26.9 Å². The van der Waals surface area contributed by atoms with Gasteiger partial charge in [-0.2, -0.15) is 4.98 Å². The summed E-state index contributed by atoms with van der Waals surface area (Å²) in [6.07, 6.45) is 4.47. The van der Waals surface area contributed by atoms with Crippen LogP contribution < -0.4 is 25.6 Å². The number of methoxy groups -OCH3 is 1. The molecule has 0 unspecified atom stereocenters. The van der Waals surface area contributed by atoms with E-state index in [0.717, 1.165) is 65.9 Å². The first-order valence-corrected chi connectivity index (χ1v) is 12.2. The predicted octanol–water partition coefficient (Wildman–Crippen LogP) is 4.97. The molecule has 0 saturated heterocycles. The van der Waals surface area contributed by atoms with Crippen LogP contribution in [0.25, 0.3) is 10.9 Å². The van der Waals surface area contributed by atoms with Gasteiger partial charge in [0.25, 0.3) is 0 Å². The Morgan fingerprint density at radius 2 is 1.85 bits per heavy atom. The van der Waals surface area contributed by atoms with Crippen LogP contribution in [0.3, 0.4) is 0 Å². The minimum Gasteiger partial charge on any atom is -0.497 e. The zero-order valence-corrected chi connectivity index (χ0v) is 21.2. The first-order valence-electron chi connectivity index (χ1n) is 11.8. The number of thiocarbonyl (C=S) groups is 1. The molecule has 4 rings (SSSR count). The van der Waals surface area contributed by atoms with E-state index in [1.54, 1.807) is 7.11 Å². The van der Waals surface area contributed by atoms with Gasteiger partial charge in [-0.3, -0.25) is 0 Å². The standard InChI is InChI=1S/C26H34N6OS/c1-17-15-20(33-4)13-14-22(17)30-26(34)27-16-18-9-11-19(12-10-18)28-25-29-23-8-6-5-7-21(23)24(31-25)32(2)3/h5-8,13-15,18-19H,9-12,16H2,1-4H3,(H2,27,30,34)(H,28,29,31)/t18-,19+. The lowest BCUT2D eigenvalue weighted by atomic mass is 9.86. The summed E-state index contributed by atoms with van der Waals surface area (Å²) in [4.78, 5) is 11.6. The summed E-state index contributed by atoms with van der Waals surface area (Å²) in [5.74, 6) is 3.10. The smallest absolute Gasteiger partial charge is 0.225 e. The predicted molar refractivity (Wildman–Crippen MR) is 145 cm³/mol. The summed E-state index contributed by atoms with van der Waals surface area (Å²) < 4.78 is 5.27. The summed E-state index contributed by atoms with van der Waals surface area (Å²) in [6, 6.07) is 14.5. The van der Waals surface area contributed by atoms with Gasteiger partial charge in [0.05, 0.1) is 12.6 Å². The minimum absolute atomic E-state index is 0.388. The molecule has 3 aromatic rings. The van der Waals surface area contributed by atoms with E-state index in [2.05, 4.69) is 22.0 Å². The van der Waals surface area contributed by atoms with E-state index < -0.39 is 0 Å². The molecule has 1 aliphatic rings. The minimum atomic E-state index is 0.388. The van der Waals surface area contributed by atoms with Crippen molar-refractivity contribution in [2.75, 3.05) is 43.3 Å². The van der Waals surface area contributed by atoms with Gasteiger partial charge in [0.15, 0.2) is 5.11 Å². The van der Waals surface area contributed by atoms with Gasteiger partial charge in [-0.25, -0.2) is 4.98 Å². The average Bonchev–Trinajstić information content (AvgIpc) is 2.84. The van der Waals surface area contributed by atoms with Crippen LogP contribution in [0.15, 0.2) is 42.5 Å². The molecule has 8 heteroatoms. The van der Waals surface area contributed by atoms with Crippen molar-refractivity contribution >= 4 is 45.7 Å². The number of benzene rings is 2. The van der Waals surface area contributed by atoms with Crippen LogP contribution in [0.4, 0.5) is 17.5 Å². The van der Waals surface area contributed by atoms with Gasteiger partial charge in [0.1, 0.15) is 11.6 Å². The number of aryl methyl sites for hydroxylation is 1. The SMILES string of the molecule is COc1ccc(NC(=S)NC[C@H]2CC[C@@H](Nc3nc(N(C)C)c4ccccc4n3)CC2)c(C)c1. The molecular formula is C26H34N6OS. The van der Waals surface area contributed by atoms with Crippen molar-refractivity contribution in [3.63, 3.8) is 0 Å². The third kappa shape index (κ3) is 5.86. The molecule has 180 valence electrons. The molecule has 34 heavy (non-hydrogen) atoms. The highest BCUT2D eigenvalue weighted by molar-refractivity contribution is 7.80. The molecule has 0 atom stereocenters. The number of aromatic nitrogens is 2. The molecule has 0 radical (unpaired) electrons. The molecule has 7 nitrogen and oxygen atoms in total. The Bertz CT molecular complexity index is 1140. The van der Waals surface area contributed by atoms with Crippen LogP contribution in [-0.4, -0.2) is 48.9 Å². The Morgan fingerprint density at radius 1 is 1.09 bits per heavy atom. The number of nitrogens with zero attached hydrogens (tertiary/aromatic N) is 3. The summed E-state index contributed by atoms with van der Waals surface area (Å²) in [5.41, 5.74) is 3.07. The zero-order valence-electron chi connectivity index (χ0n) is 20.4. The number of rotatable bonds is 7. The molecule has 1 saturated carbocycles. The Labute approximate surface area is 207 Å². The molecule has 1 aliphatic carbocycles. The number of fused-ring (bicyclic) bond motifs is 1. The maximum absolute atomic E-state index is 5.52. The Hall–Kier alpha value is -3.13. The monoisotopic (exact) mass is 478 g/mol. The molecule has 1 heterocycles. The molecule has 3 N–H and O–H groups in total. The van der Waals surface area contributed by atoms with Crippen LogP contribution >= 0.6 is 12.2 Å². The number of hydrogen-bond acceptors (Lipinski definition) is 6. The lowest BCUT2D eigenvalue weighted by Crippen LogP contribution is -2.36.